The van der Waals surface area contributed by atoms with Crippen molar-refractivity contribution in [3.8, 4) is 11.5 Å². The number of hydrogen-bond donors (Lipinski definition) is 1. The number of halogens is 1. The fourth-order valence-electron chi connectivity index (χ4n) is 5.96. The van der Waals surface area contributed by atoms with Gasteiger partial charge in [0.25, 0.3) is 10.0 Å². The summed E-state index contributed by atoms with van der Waals surface area (Å²) >= 11 is 6.61. The molecule has 0 aliphatic heterocycles. The lowest BCUT2D eigenvalue weighted by atomic mass is 10.0. The van der Waals surface area contributed by atoms with E-state index in [1.807, 2.05) is 36.4 Å². The van der Waals surface area contributed by atoms with Crippen LogP contribution in [-0.4, -0.2) is 58.0 Å². The molecule has 0 unspecified atom stereocenters. The molecule has 2 amide bonds. The van der Waals surface area contributed by atoms with Gasteiger partial charge in [0.2, 0.25) is 11.8 Å². The third-order valence-corrected chi connectivity index (χ3v) is 10.7. The maximum atomic E-state index is 14.8. The Kier molecular flexibility index (Phi) is 11.6. The number of nitrogens with zero attached hydrogens (tertiary/aromatic N) is 2. The molecule has 0 radical (unpaired) electrons. The van der Waals surface area contributed by atoms with Gasteiger partial charge in [-0.25, -0.2) is 8.42 Å². The monoisotopic (exact) mass is 689 g/mol. The maximum Gasteiger partial charge on any atom is 0.264 e. The summed E-state index contributed by atoms with van der Waals surface area (Å²) in [5.41, 5.74) is 1.58. The molecule has 0 bridgehead atoms. The number of sulfonamides is 1. The van der Waals surface area contributed by atoms with E-state index < -0.39 is 28.5 Å². The van der Waals surface area contributed by atoms with Gasteiger partial charge in [-0.15, -0.1) is 0 Å². The summed E-state index contributed by atoms with van der Waals surface area (Å²) in [6, 6.07) is 28.2. The zero-order chi connectivity index (χ0) is 34.1. The van der Waals surface area contributed by atoms with Crippen molar-refractivity contribution in [2.75, 3.05) is 25.1 Å². The van der Waals surface area contributed by atoms with Gasteiger partial charge in [-0.05, 0) is 54.3 Å². The molecule has 0 heterocycles. The molecule has 48 heavy (non-hydrogen) atoms. The van der Waals surface area contributed by atoms with Crippen LogP contribution in [0.3, 0.4) is 0 Å². The van der Waals surface area contributed by atoms with E-state index in [0.717, 1.165) is 35.6 Å². The molecule has 1 atom stereocenters. The SMILES string of the molecule is COc1ccc(OC)c(N(CC(=O)N(Cc2ccccc2Cl)[C@@H](Cc2ccccc2)C(=O)NC2CCCC2)S(=O)(=O)c2ccccc2)c1. The minimum atomic E-state index is -4.32. The average Bonchev–Trinajstić information content (AvgIpc) is 3.63. The Morgan fingerprint density at radius 2 is 1.52 bits per heavy atom. The molecule has 0 saturated heterocycles. The Hall–Kier alpha value is -4.54. The van der Waals surface area contributed by atoms with E-state index in [4.69, 9.17) is 21.1 Å². The van der Waals surface area contributed by atoms with Crippen molar-refractivity contribution in [3.63, 3.8) is 0 Å². The van der Waals surface area contributed by atoms with E-state index in [9.17, 15) is 18.0 Å². The number of amides is 2. The lowest BCUT2D eigenvalue weighted by Crippen LogP contribution is -2.54. The Morgan fingerprint density at radius 3 is 2.17 bits per heavy atom. The van der Waals surface area contributed by atoms with Crippen LogP contribution >= 0.6 is 11.6 Å². The van der Waals surface area contributed by atoms with E-state index in [1.54, 1.807) is 48.5 Å². The third-order valence-electron chi connectivity index (χ3n) is 8.54. The number of hydrogen-bond acceptors (Lipinski definition) is 6. The molecule has 4 aromatic rings. The van der Waals surface area contributed by atoms with Crippen molar-refractivity contribution in [1.29, 1.82) is 0 Å². The van der Waals surface area contributed by atoms with Crippen LogP contribution in [0, 0.1) is 0 Å². The van der Waals surface area contributed by atoms with Gasteiger partial charge in [-0.2, -0.15) is 0 Å². The Labute approximate surface area is 287 Å². The molecule has 1 fully saturated rings. The smallest absolute Gasteiger partial charge is 0.264 e. The zero-order valence-corrected chi connectivity index (χ0v) is 28.6. The normalized spacial score (nSPS) is 13.8. The van der Waals surface area contributed by atoms with Gasteiger partial charge in [0.1, 0.15) is 24.1 Å². The first-order valence-corrected chi connectivity index (χ1v) is 17.7. The molecular weight excluding hydrogens is 650 g/mol. The van der Waals surface area contributed by atoms with Crippen molar-refractivity contribution in [3.05, 3.63) is 119 Å². The van der Waals surface area contributed by atoms with Gasteiger partial charge in [0, 0.05) is 30.1 Å². The summed E-state index contributed by atoms with van der Waals surface area (Å²) in [7, 11) is -1.43. The van der Waals surface area contributed by atoms with E-state index in [0.29, 0.717) is 16.3 Å². The first-order valence-electron chi connectivity index (χ1n) is 15.9. The van der Waals surface area contributed by atoms with Crippen LogP contribution < -0.4 is 19.1 Å². The molecular formula is C37H40ClN3O6S. The average molecular weight is 690 g/mol. The van der Waals surface area contributed by atoms with Crippen LogP contribution in [0.1, 0.15) is 36.8 Å². The summed E-state index contributed by atoms with van der Waals surface area (Å²) in [6.07, 6.45) is 3.97. The van der Waals surface area contributed by atoms with E-state index >= 15 is 0 Å². The Morgan fingerprint density at radius 1 is 0.875 bits per heavy atom. The highest BCUT2D eigenvalue weighted by Crippen LogP contribution is 2.36. The highest BCUT2D eigenvalue weighted by atomic mass is 35.5. The quantitative estimate of drug-likeness (QED) is 0.168. The molecule has 1 N–H and O–H groups in total. The standard InChI is InChI=1S/C37H40ClN3O6S/c1-46-30-21-22-35(47-2)33(24-30)41(48(44,45)31-18-7-4-8-19-31)26-36(42)40(25-28-15-9-12-20-32(28)38)34(23-27-13-5-3-6-14-27)37(43)39-29-16-10-11-17-29/h3-9,12-15,18-22,24,29,34H,10-11,16-17,23,25-26H2,1-2H3,(H,39,43)/t34-/m0/s1. The van der Waals surface area contributed by atoms with Crippen LogP contribution in [0.2, 0.25) is 5.02 Å². The maximum absolute atomic E-state index is 14.8. The number of benzene rings is 4. The Balaban J connectivity index is 1.62. The molecule has 11 heteroatoms. The van der Waals surface area contributed by atoms with Gasteiger partial charge in [-0.3, -0.25) is 13.9 Å². The second-order valence-electron chi connectivity index (χ2n) is 11.7. The second-order valence-corrected chi connectivity index (χ2v) is 13.9. The van der Waals surface area contributed by atoms with Gasteiger partial charge in [0.05, 0.1) is 24.8 Å². The molecule has 4 aromatic carbocycles. The number of rotatable bonds is 14. The lowest BCUT2D eigenvalue weighted by Gasteiger charge is -2.34. The molecule has 1 aliphatic carbocycles. The van der Waals surface area contributed by atoms with E-state index in [1.165, 1.54) is 37.3 Å². The highest BCUT2D eigenvalue weighted by molar-refractivity contribution is 7.92. The minimum Gasteiger partial charge on any atom is -0.497 e. The number of methoxy groups -OCH3 is 2. The van der Waals surface area contributed by atoms with Gasteiger partial charge < -0.3 is 19.7 Å². The van der Waals surface area contributed by atoms with Crippen LogP contribution in [0.25, 0.3) is 0 Å². The lowest BCUT2D eigenvalue weighted by molar-refractivity contribution is -0.140. The van der Waals surface area contributed by atoms with Crippen molar-refractivity contribution in [2.45, 2.75) is 55.6 Å². The van der Waals surface area contributed by atoms with Crippen LogP contribution in [0.5, 0.6) is 11.5 Å². The van der Waals surface area contributed by atoms with Gasteiger partial charge in [-0.1, -0.05) is 91.2 Å². The van der Waals surface area contributed by atoms with E-state index in [2.05, 4.69) is 5.32 Å². The van der Waals surface area contributed by atoms with Crippen molar-refractivity contribution >= 4 is 39.1 Å². The Bertz CT molecular complexity index is 1800. The van der Waals surface area contributed by atoms with Crippen LogP contribution in [0.15, 0.2) is 108 Å². The molecule has 0 aromatic heterocycles. The number of anilines is 1. The second kappa shape index (κ2) is 16.0. The predicted molar refractivity (Wildman–Crippen MR) is 187 cm³/mol. The largest absolute Gasteiger partial charge is 0.497 e. The number of ether oxygens (including phenoxy) is 2. The highest BCUT2D eigenvalue weighted by Gasteiger charge is 2.36. The summed E-state index contributed by atoms with van der Waals surface area (Å²) in [6.45, 7) is -0.657. The number of carbonyl (C=O) groups excluding carboxylic acids is 2. The number of carbonyl (C=O) groups is 2. The van der Waals surface area contributed by atoms with Gasteiger partial charge >= 0.3 is 0 Å². The molecule has 1 aliphatic rings. The first kappa shape index (κ1) is 34.8. The molecule has 1 saturated carbocycles. The van der Waals surface area contributed by atoms with Crippen LogP contribution in [0.4, 0.5) is 5.69 Å². The van der Waals surface area contributed by atoms with Crippen molar-refractivity contribution < 1.29 is 27.5 Å². The zero-order valence-electron chi connectivity index (χ0n) is 27.0. The molecule has 252 valence electrons. The summed E-state index contributed by atoms with van der Waals surface area (Å²) < 4.78 is 40.7. The third kappa shape index (κ3) is 8.29. The molecule has 5 rings (SSSR count). The van der Waals surface area contributed by atoms with Gasteiger partial charge in [0.15, 0.2) is 0 Å². The molecule has 0 spiro atoms. The fraction of sp³-hybridized carbons (Fsp3) is 0.297. The predicted octanol–water partition coefficient (Wildman–Crippen LogP) is 6.25. The fourth-order valence-corrected chi connectivity index (χ4v) is 7.59. The van der Waals surface area contributed by atoms with Crippen molar-refractivity contribution in [2.24, 2.45) is 0 Å². The van der Waals surface area contributed by atoms with Crippen molar-refractivity contribution in [1.82, 2.24) is 10.2 Å². The van der Waals surface area contributed by atoms with Crippen LogP contribution in [-0.2, 0) is 32.6 Å². The summed E-state index contributed by atoms with van der Waals surface area (Å²) in [5, 5.41) is 3.60. The number of nitrogens with one attached hydrogen (secondary N) is 1. The summed E-state index contributed by atoms with van der Waals surface area (Å²) in [4.78, 5) is 30.4. The van der Waals surface area contributed by atoms with E-state index in [-0.39, 0.29) is 41.2 Å². The molecule has 9 nitrogen and oxygen atoms in total. The summed E-state index contributed by atoms with van der Waals surface area (Å²) in [5.74, 6) is -0.303. The topological polar surface area (TPSA) is 105 Å². The minimum absolute atomic E-state index is 0.00374. The first-order chi connectivity index (χ1) is 23.2.